The van der Waals surface area contributed by atoms with Crippen molar-refractivity contribution in [1.29, 1.82) is 0 Å². The third-order valence-corrected chi connectivity index (χ3v) is 2.38. The first kappa shape index (κ1) is 12.6. The van der Waals surface area contributed by atoms with Crippen LogP contribution >= 0.6 is 0 Å². The zero-order valence-electron chi connectivity index (χ0n) is 10.6. The van der Waals surface area contributed by atoms with Crippen LogP contribution in [0.15, 0.2) is 23.1 Å². The average molecular weight is 247 g/mol. The molecule has 0 spiro atoms. The SMILES string of the molecule is CC(C)NCCCc1nc(-c2cnccn2)no1. The number of rotatable bonds is 6. The summed E-state index contributed by atoms with van der Waals surface area (Å²) in [7, 11) is 0. The number of hydrogen-bond donors (Lipinski definition) is 1. The Kier molecular flexibility index (Phi) is 4.35. The first-order chi connectivity index (χ1) is 8.75. The van der Waals surface area contributed by atoms with E-state index < -0.39 is 0 Å². The number of nitrogens with one attached hydrogen (secondary N) is 1. The molecular formula is C12H17N5O. The molecule has 0 aliphatic heterocycles. The normalized spacial score (nSPS) is 11.1. The highest BCUT2D eigenvalue weighted by atomic mass is 16.5. The molecule has 2 heterocycles. The van der Waals surface area contributed by atoms with Crippen molar-refractivity contribution in [3.8, 4) is 11.5 Å². The molecule has 0 aliphatic rings. The molecule has 96 valence electrons. The van der Waals surface area contributed by atoms with E-state index in [0.29, 0.717) is 23.5 Å². The summed E-state index contributed by atoms with van der Waals surface area (Å²) < 4.78 is 5.17. The largest absolute Gasteiger partial charge is 0.339 e. The predicted molar refractivity (Wildman–Crippen MR) is 66.8 cm³/mol. The number of nitrogens with zero attached hydrogens (tertiary/aromatic N) is 4. The Balaban J connectivity index is 1.87. The Hall–Kier alpha value is -1.82. The third-order valence-electron chi connectivity index (χ3n) is 2.38. The highest BCUT2D eigenvalue weighted by Crippen LogP contribution is 2.11. The minimum Gasteiger partial charge on any atom is -0.339 e. The van der Waals surface area contributed by atoms with E-state index in [2.05, 4.69) is 39.3 Å². The fraction of sp³-hybridized carbons (Fsp3) is 0.500. The van der Waals surface area contributed by atoms with Gasteiger partial charge >= 0.3 is 0 Å². The molecule has 0 aliphatic carbocycles. The van der Waals surface area contributed by atoms with Crippen molar-refractivity contribution < 1.29 is 4.52 Å². The van der Waals surface area contributed by atoms with Crippen LogP contribution in [0.4, 0.5) is 0 Å². The van der Waals surface area contributed by atoms with Gasteiger partial charge in [0.05, 0.1) is 6.20 Å². The minimum absolute atomic E-state index is 0.495. The van der Waals surface area contributed by atoms with Crippen LogP contribution in [0.5, 0.6) is 0 Å². The molecule has 0 saturated carbocycles. The van der Waals surface area contributed by atoms with Gasteiger partial charge in [0.15, 0.2) is 0 Å². The fourth-order valence-electron chi connectivity index (χ4n) is 1.51. The van der Waals surface area contributed by atoms with E-state index in [1.165, 1.54) is 0 Å². The standard InChI is InChI=1S/C12H17N5O/c1-9(2)14-5-3-4-11-16-12(17-18-11)10-8-13-6-7-15-10/h6-9,14H,3-5H2,1-2H3. The summed E-state index contributed by atoms with van der Waals surface area (Å²) in [5.74, 6) is 1.14. The van der Waals surface area contributed by atoms with Crippen molar-refractivity contribution in [3.63, 3.8) is 0 Å². The molecule has 0 aromatic carbocycles. The highest BCUT2D eigenvalue weighted by molar-refractivity contribution is 5.45. The van der Waals surface area contributed by atoms with E-state index in [4.69, 9.17) is 4.52 Å². The molecule has 0 radical (unpaired) electrons. The van der Waals surface area contributed by atoms with Crippen LogP contribution in [0.25, 0.3) is 11.5 Å². The lowest BCUT2D eigenvalue weighted by atomic mass is 10.3. The number of aromatic nitrogens is 4. The van der Waals surface area contributed by atoms with Crippen LogP contribution in [0.1, 0.15) is 26.2 Å². The molecule has 0 bridgehead atoms. The summed E-state index contributed by atoms with van der Waals surface area (Å²) in [6, 6.07) is 0.503. The zero-order chi connectivity index (χ0) is 12.8. The van der Waals surface area contributed by atoms with E-state index in [1.807, 2.05) is 0 Å². The molecule has 0 amide bonds. The second-order valence-corrected chi connectivity index (χ2v) is 4.31. The van der Waals surface area contributed by atoms with Crippen molar-refractivity contribution in [2.75, 3.05) is 6.54 Å². The van der Waals surface area contributed by atoms with Crippen LogP contribution in [-0.4, -0.2) is 32.7 Å². The molecule has 2 rings (SSSR count). The van der Waals surface area contributed by atoms with Crippen molar-refractivity contribution in [3.05, 3.63) is 24.5 Å². The molecule has 0 unspecified atom stereocenters. The van der Waals surface area contributed by atoms with Crippen LogP contribution in [0.3, 0.4) is 0 Å². The average Bonchev–Trinajstić information content (AvgIpc) is 2.84. The predicted octanol–water partition coefficient (Wildman–Crippen LogP) is 1.46. The minimum atomic E-state index is 0.495. The Morgan fingerprint density at radius 1 is 1.33 bits per heavy atom. The monoisotopic (exact) mass is 247 g/mol. The molecular weight excluding hydrogens is 230 g/mol. The van der Waals surface area contributed by atoms with Crippen LogP contribution in [0.2, 0.25) is 0 Å². The molecule has 6 heteroatoms. The van der Waals surface area contributed by atoms with Gasteiger partial charge in [0.1, 0.15) is 5.69 Å². The summed E-state index contributed by atoms with van der Waals surface area (Å²) >= 11 is 0. The summed E-state index contributed by atoms with van der Waals surface area (Å²) in [4.78, 5) is 12.4. The number of hydrogen-bond acceptors (Lipinski definition) is 6. The summed E-state index contributed by atoms with van der Waals surface area (Å²) in [6.07, 6.45) is 6.59. The van der Waals surface area contributed by atoms with Gasteiger partial charge in [0, 0.05) is 24.9 Å². The Bertz CT molecular complexity index is 468. The van der Waals surface area contributed by atoms with Gasteiger partial charge in [0.2, 0.25) is 11.7 Å². The fourth-order valence-corrected chi connectivity index (χ4v) is 1.51. The molecule has 2 aromatic heterocycles. The Labute approximate surface area is 106 Å². The second kappa shape index (κ2) is 6.20. The van der Waals surface area contributed by atoms with Crippen molar-refractivity contribution in [1.82, 2.24) is 25.4 Å². The summed E-state index contributed by atoms with van der Waals surface area (Å²) in [6.45, 7) is 5.19. The van der Waals surface area contributed by atoms with E-state index in [9.17, 15) is 0 Å². The first-order valence-corrected chi connectivity index (χ1v) is 6.08. The van der Waals surface area contributed by atoms with Gasteiger partial charge in [0.25, 0.3) is 0 Å². The van der Waals surface area contributed by atoms with E-state index in [-0.39, 0.29) is 0 Å². The Morgan fingerprint density at radius 2 is 2.22 bits per heavy atom. The van der Waals surface area contributed by atoms with Gasteiger partial charge in [-0.15, -0.1) is 0 Å². The molecule has 0 atom stereocenters. The van der Waals surface area contributed by atoms with Gasteiger partial charge in [-0.05, 0) is 13.0 Å². The highest BCUT2D eigenvalue weighted by Gasteiger charge is 2.09. The maximum absolute atomic E-state index is 5.17. The molecule has 1 N–H and O–H groups in total. The Morgan fingerprint density at radius 3 is 2.94 bits per heavy atom. The van der Waals surface area contributed by atoms with Gasteiger partial charge in [-0.25, -0.2) is 4.98 Å². The van der Waals surface area contributed by atoms with Gasteiger partial charge in [-0.3, -0.25) is 4.98 Å². The molecule has 2 aromatic rings. The maximum Gasteiger partial charge on any atom is 0.227 e. The lowest BCUT2D eigenvalue weighted by molar-refractivity contribution is 0.374. The van der Waals surface area contributed by atoms with Crippen LogP contribution < -0.4 is 5.32 Å². The topological polar surface area (TPSA) is 76.7 Å². The molecule has 0 fully saturated rings. The van der Waals surface area contributed by atoms with E-state index in [1.54, 1.807) is 18.6 Å². The lowest BCUT2D eigenvalue weighted by Crippen LogP contribution is -2.23. The first-order valence-electron chi connectivity index (χ1n) is 6.08. The van der Waals surface area contributed by atoms with E-state index in [0.717, 1.165) is 19.4 Å². The van der Waals surface area contributed by atoms with Gasteiger partial charge in [-0.1, -0.05) is 19.0 Å². The van der Waals surface area contributed by atoms with Crippen LogP contribution in [0, 0.1) is 0 Å². The van der Waals surface area contributed by atoms with Gasteiger partial charge < -0.3 is 9.84 Å². The van der Waals surface area contributed by atoms with Crippen molar-refractivity contribution in [2.24, 2.45) is 0 Å². The molecule has 18 heavy (non-hydrogen) atoms. The van der Waals surface area contributed by atoms with Crippen molar-refractivity contribution >= 4 is 0 Å². The quantitative estimate of drug-likeness (QED) is 0.779. The third kappa shape index (κ3) is 3.59. The van der Waals surface area contributed by atoms with Gasteiger partial charge in [-0.2, -0.15) is 4.98 Å². The lowest BCUT2D eigenvalue weighted by Gasteiger charge is -2.05. The smallest absolute Gasteiger partial charge is 0.227 e. The maximum atomic E-state index is 5.17. The summed E-state index contributed by atoms with van der Waals surface area (Å²) in [5.41, 5.74) is 0.632. The zero-order valence-corrected chi connectivity index (χ0v) is 10.6. The summed E-state index contributed by atoms with van der Waals surface area (Å²) in [5, 5.41) is 7.23. The van der Waals surface area contributed by atoms with Crippen molar-refractivity contribution in [2.45, 2.75) is 32.7 Å². The number of aryl methyl sites for hydroxylation is 1. The molecule has 0 saturated heterocycles. The van der Waals surface area contributed by atoms with Crippen LogP contribution in [-0.2, 0) is 6.42 Å². The van der Waals surface area contributed by atoms with E-state index >= 15 is 0 Å². The second-order valence-electron chi connectivity index (χ2n) is 4.31. The molecule has 6 nitrogen and oxygen atoms in total.